The maximum absolute atomic E-state index is 14.2. The van der Waals surface area contributed by atoms with Crippen molar-refractivity contribution in [2.75, 3.05) is 6.61 Å². The number of ether oxygens (including phenoxy) is 3. The predicted molar refractivity (Wildman–Crippen MR) is 136 cm³/mol. The molecule has 0 radical (unpaired) electrons. The summed E-state index contributed by atoms with van der Waals surface area (Å²) in [7, 11) is 0. The number of aryl methyl sites for hydroxylation is 1. The fraction of sp³-hybridized carbons (Fsp3) is 0.207. The third-order valence-electron chi connectivity index (χ3n) is 6.24. The van der Waals surface area contributed by atoms with E-state index in [1.54, 1.807) is 6.92 Å². The van der Waals surface area contributed by atoms with E-state index in [0.717, 1.165) is 11.1 Å². The largest absolute Gasteiger partial charge is 0.487 e. The second kappa shape index (κ2) is 10.5. The number of rotatable bonds is 7. The van der Waals surface area contributed by atoms with Gasteiger partial charge in [-0.25, -0.2) is 4.79 Å². The minimum absolute atomic E-state index is 0.138. The van der Waals surface area contributed by atoms with Crippen LogP contribution in [0.1, 0.15) is 29.2 Å². The van der Waals surface area contributed by atoms with Crippen molar-refractivity contribution in [3.8, 4) is 40.5 Å². The first kappa shape index (κ1) is 25.9. The van der Waals surface area contributed by atoms with Gasteiger partial charge in [0, 0.05) is 17.7 Å². The van der Waals surface area contributed by atoms with E-state index in [9.17, 15) is 18.0 Å². The second-order valence-corrected chi connectivity index (χ2v) is 8.68. The van der Waals surface area contributed by atoms with E-state index in [0.29, 0.717) is 24.2 Å². The van der Waals surface area contributed by atoms with Crippen LogP contribution < -0.4 is 19.9 Å². The third-order valence-corrected chi connectivity index (χ3v) is 6.24. The molecule has 1 aliphatic rings. The zero-order chi connectivity index (χ0) is 27.6. The summed E-state index contributed by atoms with van der Waals surface area (Å²) in [6, 6.07) is 19.1. The highest BCUT2D eigenvalue weighted by Gasteiger charge is 2.38. The first-order valence-corrected chi connectivity index (χ1v) is 12.2. The van der Waals surface area contributed by atoms with Gasteiger partial charge in [0.25, 0.3) is 5.88 Å². The molecular formula is C29H22F3N3O4. The molecule has 0 saturated heterocycles. The van der Waals surface area contributed by atoms with Crippen LogP contribution in [0.5, 0.6) is 23.1 Å². The number of alkyl halides is 3. The van der Waals surface area contributed by atoms with Crippen LogP contribution in [0, 0.1) is 11.3 Å². The van der Waals surface area contributed by atoms with Gasteiger partial charge in [-0.05, 0) is 49.2 Å². The number of fused-ring (bicyclic) bond motifs is 3. The number of benzene rings is 3. The highest BCUT2D eigenvalue weighted by atomic mass is 19.4. The Hall–Kier alpha value is -4.78. The molecule has 5 rings (SSSR count). The molecule has 0 saturated carbocycles. The maximum Gasteiger partial charge on any atom is 0.420 e. The average Bonchev–Trinajstić information content (AvgIpc) is 2.93. The van der Waals surface area contributed by atoms with Crippen LogP contribution in [0.25, 0.3) is 11.3 Å². The molecule has 4 aromatic rings. The molecule has 39 heavy (non-hydrogen) atoms. The summed E-state index contributed by atoms with van der Waals surface area (Å²) in [5, 5.41) is 8.95. The van der Waals surface area contributed by atoms with Gasteiger partial charge in [0.15, 0.2) is 0 Å². The van der Waals surface area contributed by atoms with Crippen molar-refractivity contribution < 1.29 is 27.4 Å². The number of hydrogen-bond donors (Lipinski definition) is 0. The van der Waals surface area contributed by atoms with E-state index in [1.807, 2.05) is 30.3 Å². The minimum Gasteiger partial charge on any atom is -0.487 e. The van der Waals surface area contributed by atoms with Crippen LogP contribution in [0.2, 0.25) is 0 Å². The molecule has 1 aromatic heterocycles. The quantitative estimate of drug-likeness (QED) is 0.284. The molecule has 0 N–H and O–H groups in total. The van der Waals surface area contributed by atoms with E-state index in [-0.39, 0.29) is 29.5 Å². The number of hydrogen-bond acceptors (Lipinski definition) is 6. The van der Waals surface area contributed by atoms with Gasteiger partial charge in [0.2, 0.25) is 5.75 Å². The molecule has 0 fully saturated rings. The lowest BCUT2D eigenvalue weighted by Gasteiger charge is -2.25. The number of aromatic nitrogens is 2. The van der Waals surface area contributed by atoms with Gasteiger partial charge < -0.3 is 14.2 Å². The lowest BCUT2D eigenvalue weighted by atomic mass is 9.97. The zero-order valence-electron chi connectivity index (χ0n) is 20.8. The van der Waals surface area contributed by atoms with Crippen LogP contribution in [0.3, 0.4) is 0 Å². The Morgan fingerprint density at radius 3 is 2.51 bits per heavy atom. The molecule has 0 spiro atoms. The van der Waals surface area contributed by atoms with E-state index in [4.69, 9.17) is 19.5 Å². The Morgan fingerprint density at radius 1 is 1.03 bits per heavy atom. The Balaban J connectivity index is 1.52. The highest BCUT2D eigenvalue weighted by Crippen LogP contribution is 2.43. The summed E-state index contributed by atoms with van der Waals surface area (Å²) in [6.07, 6.45) is -4.14. The van der Waals surface area contributed by atoms with Gasteiger partial charge in [-0.15, -0.1) is 0 Å². The van der Waals surface area contributed by atoms with Crippen molar-refractivity contribution in [1.29, 1.82) is 5.26 Å². The van der Waals surface area contributed by atoms with E-state index < -0.39 is 29.8 Å². The van der Waals surface area contributed by atoms with Crippen molar-refractivity contribution in [3.63, 3.8) is 0 Å². The van der Waals surface area contributed by atoms with Gasteiger partial charge >= 0.3 is 11.9 Å². The Morgan fingerprint density at radius 2 is 1.79 bits per heavy atom. The molecule has 198 valence electrons. The molecule has 10 heteroatoms. The predicted octanol–water partition coefficient (Wildman–Crippen LogP) is 6.13. The molecule has 0 amide bonds. The van der Waals surface area contributed by atoms with E-state index >= 15 is 0 Å². The first-order valence-electron chi connectivity index (χ1n) is 12.2. The molecule has 0 atom stereocenters. The number of halogens is 3. The summed E-state index contributed by atoms with van der Waals surface area (Å²) >= 11 is 0. The van der Waals surface area contributed by atoms with Gasteiger partial charge in [-0.1, -0.05) is 36.4 Å². The van der Waals surface area contributed by atoms with Crippen molar-refractivity contribution in [1.82, 2.24) is 9.55 Å². The second-order valence-electron chi connectivity index (χ2n) is 8.68. The zero-order valence-corrected chi connectivity index (χ0v) is 20.8. The molecule has 0 unspecified atom stereocenters. The topological polar surface area (TPSA) is 86.4 Å². The van der Waals surface area contributed by atoms with Gasteiger partial charge in [-0.2, -0.15) is 23.4 Å². The third kappa shape index (κ3) is 5.16. The molecular weight excluding hydrogens is 511 g/mol. The fourth-order valence-corrected chi connectivity index (χ4v) is 4.54. The Bertz CT molecular complexity index is 1620. The standard InChI is InChI=1S/C29H22F3N3O4/c1-2-37-26-25-22-8-4-3-6-19(22)14-15-35(25)28(36)34-27(26)38-17-20-7-5-9-23(24(20)29(30,31)32)39-21-12-10-18(16-33)11-13-21/h3-13H,2,14-15,17H2,1H3. The fourth-order valence-electron chi connectivity index (χ4n) is 4.54. The minimum atomic E-state index is -4.77. The van der Waals surface area contributed by atoms with Crippen LogP contribution in [-0.2, 0) is 25.7 Å². The van der Waals surface area contributed by atoms with Gasteiger partial charge in [0.05, 0.1) is 18.2 Å². The average molecular weight is 534 g/mol. The normalized spacial score (nSPS) is 12.2. The lowest BCUT2D eigenvalue weighted by Crippen LogP contribution is -2.29. The SMILES string of the molecule is CCOc1c(OCc2cccc(Oc3ccc(C#N)cc3)c2C(F)(F)F)nc(=O)n2c1-c1ccccc1CC2. The number of nitrogens with zero attached hydrogens (tertiary/aromatic N) is 3. The van der Waals surface area contributed by atoms with Crippen LogP contribution in [-0.4, -0.2) is 16.2 Å². The van der Waals surface area contributed by atoms with E-state index in [2.05, 4.69) is 4.98 Å². The van der Waals surface area contributed by atoms with E-state index in [1.165, 1.54) is 47.0 Å². The summed E-state index contributed by atoms with van der Waals surface area (Å²) in [5.41, 5.74) is 0.826. The van der Waals surface area contributed by atoms with Crippen molar-refractivity contribution in [2.24, 2.45) is 0 Å². The molecule has 3 aromatic carbocycles. The maximum atomic E-state index is 14.2. The van der Waals surface area contributed by atoms with Gasteiger partial charge in [-0.3, -0.25) is 4.57 Å². The van der Waals surface area contributed by atoms with Crippen molar-refractivity contribution in [2.45, 2.75) is 32.7 Å². The molecule has 7 nitrogen and oxygen atoms in total. The van der Waals surface area contributed by atoms with Crippen molar-refractivity contribution >= 4 is 0 Å². The molecule has 1 aliphatic heterocycles. The summed E-state index contributed by atoms with van der Waals surface area (Å²) in [5.74, 6) is -0.274. The molecule has 2 heterocycles. The van der Waals surface area contributed by atoms with Crippen LogP contribution in [0.15, 0.2) is 71.5 Å². The molecule has 0 bridgehead atoms. The Labute approximate surface area is 221 Å². The van der Waals surface area contributed by atoms with Crippen LogP contribution in [0.4, 0.5) is 13.2 Å². The highest BCUT2D eigenvalue weighted by molar-refractivity contribution is 5.73. The smallest absolute Gasteiger partial charge is 0.420 e. The van der Waals surface area contributed by atoms with Gasteiger partial charge in [0.1, 0.15) is 29.4 Å². The van der Waals surface area contributed by atoms with Crippen LogP contribution >= 0.6 is 0 Å². The molecule has 0 aliphatic carbocycles. The lowest BCUT2D eigenvalue weighted by molar-refractivity contribution is -0.139. The van der Waals surface area contributed by atoms with Crippen molar-refractivity contribution in [3.05, 3.63) is 99.5 Å². The Kier molecular flexibility index (Phi) is 6.98. The monoisotopic (exact) mass is 533 g/mol. The first-order chi connectivity index (χ1) is 18.8. The summed E-state index contributed by atoms with van der Waals surface area (Å²) in [6.45, 7) is 1.84. The number of nitriles is 1. The summed E-state index contributed by atoms with van der Waals surface area (Å²) < 4.78 is 61.4. The summed E-state index contributed by atoms with van der Waals surface area (Å²) in [4.78, 5) is 16.9.